The van der Waals surface area contributed by atoms with Gasteiger partial charge in [0.15, 0.2) is 0 Å². The Balaban J connectivity index is 0.000000640. The summed E-state index contributed by atoms with van der Waals surface area (Å²) in [7, 11) is 3.62. The van der Waals surface area contributed by atoms with Crippen molar-refractivity contribution in [2.75, 3.05) is 27.2 Å². The zero-order valence-corrected chi connectivity index (χ0v) is 6.72. The summed E-state index contributed by atoms with van der Waals surface area (Å²) in [6, 6.07) is 0.130. The lowest BCUT2D eigenvalue weighted by atomic mass is 10.6. The fraction of sp³-hybridized carbons (Fsp3) is 0.800. The molecule has 0 N–H and O–H groups in total. The van der Waals surface area contributed by atoms with Crippen LogP contribution in [0.5, 0.6) is 0 Å². The molecule has 1 fully saturated rings. The Hall–Kier alpha value is -0.380. The van der Waals surface area contributed by atoms with Crippen molar-refractivity contribution in [3.8, 4) is 0 Å². The summed E-state index contributed by atoms with van der Waals surface area (Å²) < 4.78 is 0. The minimum Gasteiger partial charge on any atom is -0.326 e. The van der Waals surface area contributed by atoms with Gasteiger partial charge < -0.3 is 9.80 Å². The third-order valence-corrected chi connectivity index (χ3v) is 1.42. The van der Waals surface area contributed by atoms with Crippen molar-refractivity contribution in [3.05, 3.63) is 0 Å². The number of carbonyl (C=O) groups is 1. The molecule has 0 saturated carbocycles. The molecule has 0 aromatic rings. The smallest absolute Gasteiger partial charge is 0.319 e. The normalized spacial score (nSPS) is 18.2. The van der Waals surface area contributed by atoms with Crippen LogP contribution in [0.15, 0.2) is 0 Å². The molecule has 1 heterocycles. The van der Waals surface area contributed by atoms with E-state index in [9.17, 15) is 4.79 Å². The molecule has 1 rings (SSSR count). The third-order valence-electron chi connectivity index (χ3n) is 1.42. The first kappa shape index (κ1) is 8.62. The zero-order valence-electron chi connectivity index (χ0n) is 5.72. The predicted octanol–water partition coefficient (Wildman–Crippen LogP) is 0.0964. The summed E-state index contributed by atoms with van der Waals surface area (Å²) in [4.78, 5) is 14.2. The number of likely N-dealkylation sites (N-methyl/N-ethyl adjacent to an activating group) is 2. The van der Waals surface area contributed by atoms with Gasteiger partial charge in [-0.15, -0.1) is 0 Å². The van der Waals surface area contributed by atoms with Gasteiger partial charge in [0, 0.05) is 27.2 Å². The Morgan fingerprint density at radius 1 is 1.22 bits per heavy atom. The summed E-state index contributed by atoms with van der Waals surface area (Å²) in [6.45, 7) is 1.74. The highest BCUT2D eigenvalue weighted by Crippen LogP contribution is 2.00. The molecule has 4 heteroatoms. The number of amides is 2. The molecule has 0 spiro atoms. The Morgan fingerprint density at radius 2 is 1.56 bits per heavy atom. The van der Waals surface area contributed by atoms with E-state index in [4.69, 9.17) is 0 Å². The molecule has 0 aliphatic carbocycles. The predicted molar refractivity (Wildman–Crippen MR) is 41.0 cm³/mol. The van der Waals surface area contributed by atoms with Crippen LogP contribution in [-0.2, 0) is 0 Å². The molecular formula is C5H12N2OS. The quantitative estimate of drug-likeness (QED) is 0.478. The molecule has 1 saturated heterocycles. The Morgan fingerprint density at radius 3 is 1.67 bits per heavy atom. The van der Waals surface area contributed by atoms with Crippen LogP contribution < -0.4 is 0 Å². The van der Waals surface area contributed by atoms with E-state index in [-0.39, 0.29) is 19.5 Å². The van der Waals surface area contributed by atoms with Gasteiger partial charge in [0.05, 0.1) is 0 Å². The molecule has 9 heavy (non-hydrogen) atoms. The van der Waals surface area contributed by atoms with Gasteiger partial charge in [-0.25, -0.2) is 4.79 Å². The average Bonchev–Trinajstić information content (AvgIpc) is 1.98. The highest BCUT2D eigenvalue weighted by atomic mass is 32.1. The second-order valence-corrected chi connectivity index (χ2v) is 2.13. The van der Waals surface area contributed by atoms with Crippen molar-refractivity contribution in [1.29, 1.82) is 0 Å². The van der Waals surface area contributed by atoms with Crippen molar-refractivity contribution in [1.82, 2.24) is 9.80 Å². The van der Waals surface area contributed by atoms with E-state index in [1.807, 2.05) is 14.1 Å². The number of urea groups is 1. The van der Waals surface area contributed by atoms with Crippen molar-refractivity contribution in [3.63, 3.8) is 0 Å². The fourth-order valence-corrected chi connectivity index (χ4v) is 0.783. The molecule has 1 aliphatic heterocycles. The number of carbonyl (C=O) groups excluding carboxylic acids is 1. The van der Waals surface area contributed by atoms with Crippen LogP contribution in [-0.4, -0.2) is 43.0 Å². The third kappa shape index (κ3) is 1.51. The molecule has 0 aromatic carbocycles. The van der Waals surface area contributed by atoms with E-state index in [2.05, 4.69) is 0 Å². The van der Waals surface area contributed by atoms with Crippen molar-refractivity contribution >= 4 is 19.5 Å². The van der Waals surface area contributed by atoms with Crippen molar-refractivity contribution < 1.29 is 4.79 Å². The minimum absolute atomic E-state index is 0. The minimum atomic E-state index is 0. The summed E-state index contributed by atoms with van der Waals surface area (Å²) in [5.41, 5.74) is 0. The molecule has 0 bridgehead atoms. The second kappa shape index (κ2) is 2.96. The molecule has 0 aromatic heterocycles. The van der Waals surface area contributed by atoms with Gasteiger partial charge in [0.25, 0.3) is 0 Å². The van der Waals surface area contributed by atoms with Gasteiger partial charge in [-0.05, 0) is 0 Å². The van der Waals surface area contributed by atoms with Gasteiger partial charge in [-0.3, -0.25) is 0 Å². The van der Waals surface area contributed by atoms with Crippen LogP contribution in [0.1, 0.15) is 0 Å². The monoisotopic (exact) mass is 148 g/mol. The SMILES string of the molecule is CN1CCN(C)C1=O.S. The molecule has 2 amide bonds. The van der Waals surface area contributed by atoms with E-state index in [1.54, 1.807) is 9.80 Å². The highest BCUT2D eigenvalue weighted by Gasteiger charge is 2.20. The maximum atomic E-state index is 10.8. The molecule has 0 radical (unpaired) electrons. The van der Waals surface area contributed by atoms with Crippen LogP contribution in [0.4, 0.5) is 4.79 Å². The molecule has 1 aliphatic rings. The number of nitrogens with zero attached hydrogens (tertiary/aromatic N) is 2. The number of rotatable bonds is 0. The van der Waals surface area contributed by atoms with E-state index in [0.717, 1.165) is 13.1 Å². The summed E-state index contributed by atoms with van der Waals surface area (Å²) >= 11 is 0. The van der Waals surface area contributed by atoms with E-state index in [1.165, 1.54) is 0 Å². The summed E-state index contributed by atoms with van der Waals surface area (Å²) in [5, 5.41) is 0. The Labute approximate surface area is 62.1 Å². The lowest BCUT2D eigenvalue weighted by Gasteiger charge is -2.07. The fourth-order valence-electron chi connectivity index (χ4n) is 0.783. The summed E-state index contributed by atoms with van der Waals surface area (Å²) in [6.07, 6.45) is 0. The first-order valence-corrected chi connectivity index (χ1v) is 2.68. The second-order valence-electron chi connectivity index (χ2n) is 2.13. The first-order chi connectivity index (χ1) is 3.72. The van der Waals surface area contributed by atoms with Gasteiger partial charge >= 0.3 is 6.03 Å². The Kier molecular flexibility index (Phi) is 2.84. The van der Waals surface area contributed by atoms with Gasteiger partial charge in [0.1, 0.15) is 0 Å². The zero-order chi connectivity index (χ0) is 6.15. The highest BCUT2D eigenvalue weighted by molar-refractivity contribution is 7.59. The molecule has 3 nitrogen and oxygen atoms in total. The topological polar surface area (TPSA) is 23.6 Å². The average molecular weight is 148 g/mol. The van der Waals surface area contributed by atoms with Crippen LogP contribution in [0.3, 0.4) is 0 Å². The molecule has 54 valence electrons. The molecule has 0 unspecified atom stereocenters. The maximum Gasteiger partial charge on any atom is 0.319 e. The lowest BCUT2D eigenvalue weighted by molar-refractivity contribution is 0.205. The lowest BCUT2D eigenvalue weighted by Crippen LogP contribution is -2.25. The van der Waals surface area contributed by atoms with Crippen LogP contribution in [0.2, 0.25) is 0 Å². The Bertz CT molecular complexity index is 106. The van der Waals surface area contributed by atoms with Gasteiger partial charge in [-0.2, -0.15) is 13.5 Å². The van der Waals surface area contributed by atoms with E-state index < -0.39 is 0 Å². The van der Waals surface area contributed by atoms with Gasteiger partial charge in [-0.1, -0.05) is 0 Å². The number of hydrogen-bond acceptors (Lipinski definition) is 1. The van der Waals surface area contributed by atoms with Crippen LogP contribution in [0, 0.1) is 0 Å². The summed E-state index contributed by atoms with van der Waals surface area (Å²) in [5.74, 6) is 0. The molecule has 0 atom stereocenters. The standard InChI is InChI=1S/C5H10N2O.H2S/c1-6-3-4-7(2)5(6)8;/h3-4H2,1-2H3;1H2. The molecular weight excluding hydrogens is 136 g/mol. The maximum absolute atomic E-state index is 10.8. The van der Waals surface area contributed by atoms with E-state index in [0.29, 0.717) is 0 Å². The van der Waals surface area contributed by atoms with Crippen LogP contribution in [0.25, 0.3) is 0 Å². The van der Waals surface area contributed by atoms with E-state index >= 15 is 0 Å². The van der Waals surface area contributed by atoms with Gasteiger partial charge in [0.2, 0.25) is 0 Å². The number of hydrogen-bond donors (Lipinski definition) is 0. The van der Waals surface area contributed by atoms with Crippen molar-refractivity contribution in [2.45, 2.75) is 0 Å². The van der Waals surface area contributed by atoms with Crippen molar-refractivity contribution in [2.24, 2.45) is 0 Å². The van der Waals surface area contributed by atoms with Crippen LogP contribution >= 0.6 is 13.5 Å². The largest absolute Gasteiger partial charge is 0.326 e. The first-order valence-electron chi connectivity index (χ1n) is 2.68.